The first-order valence-electron chi connectivity index (χ1n) is 7.48. The van der Waals surface area contributed by atoms with E-state index >= 15 is 0 Å². The first-order valence-corrected chi connectivity index (χ1v) is 8.43. The van der Waals surface area contributed by atoms with Crippen LogP contribution in [0, 0.1) is 23.2 Å². The second-order valence-corrected chi connectivity index (χ2v) is 7.84. The van der Waals surface area contributed by atoms with Crippen molar-refractivity contribution in [3.8, 4) is 0 Å². The summed E-state index contributed by atoms with van der Waals surface area (Å²) in [5, 5.41) is 8.27. The van der Waals surface area contributed by atoms with Gasteiger partial charge >= 0.3 is 0 Å². The molecule has 1 nitrogen and oxygen atoms in total. The maximum Gasteiger partial charge on any atom is 0.0383 e. The van der Waals surface area contributed by atoms with Gasteiger partial charge in [-0.2, -0.15) is 11.3 Å². The number of thiophene rings is 1. The summed E-state index contributed by atoms with van der Waals surface area (Å²) >= 11 is 1.85. The van der Waals surface area contributed by atoms with Crippen molar-refractivity contribution in [3.63, 3.8) is 0 Å². The molecule has 0 radical (unpaired) electrons. The standard InChI is InChI=1S/C16H23NS/c1-17-15(14-2-3-18-10-14)16-7-11-4-12(8-16)6-13(5-11)9-16/h2-3,10-13,15,17H,4-9H2,1H3. The second kappa shape index (κ2) is 4.08. The van der Waals surface area contributed by atoms with Crippen LogP contribution in [0.3, 0.4) is 0 Å². The Morgan fingerprint density at radius 3 is 2.22 bits per heavy atom. The Hall–Kier alpha value is -0.340. The summed E-state index contributed by atoms with van der Waals surface area (Å²) in [6, 6.07) is 2.95. The molecule has 0 amide bonds. The number of rotatable bonds is 3. The summed E-state index contributed by atoms with van der Waals surface area (Å²) in [6.07, 6.45) is 9.08. The molecule has 1 aromatic heterocycles. The van der Waals surface area contributed by atoms with Crippen LogP contribution in [0.15, 0.2) is 16.8 Å². The molecule has 1 atom stereocenters. The van der Waals surface area contributed by atoms with Crippen LogP contribution in [-0.2, 0) is 0 Å². The van der Waals surface area contributed by atoms with E-state index in [0.29, 0.717) is 11.5 Å². The summed E-state index contributed by atoms with van der Waals surface area (Å²) in [5.41, 5.74) is 2.13. The molecule has 98 valence electrons. The second-order valence-electron chi connectivity index (χ2n) is 7.06. The van der Waals surface area contributed by atoms with Crippen LogP contribution in [0.5, 0.6) is 0 Å². The zero-order valence-corrected chi connectivity index (χ0v) is 12.0. The molecule has 4 aliphatic carbocycles. The highest BCUT2D eigenvalue weighted by atomic mass is 32.1. The van der Waals surface area contributed by atoms with Gasteiger partial charge in [0.05, 0.1) is 0 Å². The number of hydrogen-bond donors (Lipinski definition) is 1. The van der Waals surface area contributed by atoms with Gasteiger partial charge in [0.15, 0.2) is 0 Å². The van der Waals surface area contributed by atoms with E-state index in [4.69, 9.17) is 0 Å². The van der Waals surface area contributed by atoms with Crippen LogP contribution in [0.2, 0.25) is 0 Å². The Morgan fingerprint density at radius 1 is 1.17 bits per heavy atom. The van der Waals surface area contributed by atoms with Crippen LogP contribution in [0.25, 0.3) is 0 Å². The molecule has 5 rings (SSSR count). The molecule has 4 bridgehead atoms. The molecule has 0 saturated heterocycles. The van der Waals surface area contributed by atoms with Crippen molar-refractivity contribution in [2.75, 3.05) is 7.05 Å². The van der Waals surface area contributed by atoms with E-state index in [1.54, 1.807) is 24.8 Å². The Bertz CT molecular complexity index is 387. The Kier molecular flexibility index (Phi) is 2.60. The fourth-order valence-corrected chi connectivity index (χ4v) is 6.48. The lowest BCUT2D eigenvalue weighted by Gasteiger charge is -2.59. The molecule has 18 heavy (non-hydrogen) atoms. The van der Waals surface area contributed by atoms with E-state index in [9.17, 15) is 0 Å². The molecular weight excluding hydrogens is 238 g/mol. The van der Waals surface area contributed by atoms with Gasteiger partial charge in [-0.25, -0.2) is 0 Å². The molecule has 1 heterocycles. The van der Waals surface area contributed by atoms with Gasteiger partial charge in [0.2, 0.25) is 0 Å². The van der Waals surface area contributed by atoms with Crippen molar-refractivity contribution >= 4 is 11.3 Å². The highest BCUT2D eigenvalue weighted by Crippen LogP contribution is 2.64. The topological polar surface area (TPSA) is 12.0 Å². The van der Waals surface area contributed by atoms with Crippen molar-refractivity contribution < 1.29 is 0 Å². The molecule has 0 spiro atoms. The molecule has 4 saturated carbocycles. The highest BCUT2D eigenvalue weighted by molar-refractivity contribution is 7.07. The van der Waals surface area contributed by atoms with E-state index in [1.807, 2.05) is 11.3 Å². The molecule has 4 fully saturated rings. The van der Waals surface area contributed by atoms with Crippen molar-refractivity contribution in [1.82, 2.24) is 5.32 Å². The number of nitrogens with one attached hydrogen (secondary N) is 1. The predicted molar refractivity (Wildman–Crippen MR) is 76.7 cm³/mol. The van der Waals surface area contributed by atoms with E-state index < -0.39 is 0 Å². The average Bonchev–Trinajstić information content (AvgIpc) is 2.81. The van der Waals surface area contributed by atoms with Crippen LogP contribution >= 0.6 is 11.3 Å². The molecule has 0 aliphatic heterocycles. The molecule has 4 aliphatic rings. The SMILES string of the molecule is CNC(c1ccsc1)C12CC3CC(CC(C3)C1)C2. The van der Waals surface area contributed by atoms with Crippen molar-refractivity contribution in [1.29, 1.82) is 0 Å². The van der Waals surface area contributed by atoms with E-state index in [0.717, 1.165) is 17.8 Å². The molecule has 1 unspecified atom stereocenters. The maximum absolute atomic E-state index is 3.67. The maximum atomic E-state index is 3.67. The van der Waals surface area contributed by atoms with Gasteiger partial charge in [-0.05, 0) is 91.1 Å². The first-order chi connectivity index (χ1) is 8.79. The molecular formula is C16H23NS. The minimum absolute atomic E-state index is 0.588. The van der Waals surface area contributed by atoms with Crippen molar-refractivity contribution in [2.45, 2.75) is 44.6 Å². The summed E-state index contributed by atoms with van der Waals surface area (Å²) in [4.78, 5) is 0. The third-order valence-corrected chi connectivity index (χ3v) is 6.56. The Balaban J connectivity index is 1.70. The van der Waals surface area contributed by atoms with Crippen LogP contribution in [0.4, 0.5) is 0 Å². The van der Waals surface area contributed by atoms with Crippen LogP contribution in [0.1, 0.15) is 50.1 Å². The summed E-state index contributed by atoms with van der Waals surface area (Å²) in [6.45, 7) is 0. The number of hydrogen-bond acceptors (Lipinski definition) is 2. The van der Waals surface area contributed by atoms with Gasteiger partial charge in [-0.3, -0.25) is 0 Å². The van der Waals surface area contributed by atoms with Gasteiger partial charge in [0.1, 0.15) is 0 Å². The van der Waals surface area contributed by atoms with E-state index in [1.165, 1.54) is 19.3 Å². The lowest BCUT2D eigenvalue weighted by atomic mass is 9.47. The summed E-state index contributed by atoms with van der Waals surface area (Å²) in [7, 11) is 2.17. The fraction of sp³-hybridized carbons (Fsp3) is 0.750. The molecule has 2 heteroatoms. The van der Waals surface area contributed by atoms with E-state index in [-0.39, 0.29) is 0 Å². The van der Waals surface area contributed by atoms with Gasteiger partial charge in [0.25, 0.3) is 0 Å². The summed E-state index contributed by atoms with van der Waals surface area (Å²) in [5.74, 6) is 3.14. The van der Waals surface area contributed by atoms with Crippen LogP contribution in [-0.4, -0.2) is 7.05 Å². The third-order valence-electron chi connectivity index (χ3n) is 5.86. The van der Waals surface area contributed by atoms with Gasteiger partial charge in [0, 0.05) is 6.04 Å². The van der Waals surface area contributed by atoms with Crippen molar-refractivity contribution in [3.05, 3.63) is 22.4 Å². The average molecular weight is 261 g/mol. The zero-order chi connectivity index (χ0) is 12.2. The first kappa shape index (κ1) is 11.5. The molecule has 1 N–H and O–H groups in total. The Labute approximate surface area is 114 Å². The quantitative estimate of drug-likeness (QED) is 0.859. The third kappa shape index (κ3) is 1.61. The highest BCUT2D eigenvalue weighted by Gasteiger charge is 2.54. The largest absolute Gasteiger partial charge is 0.313 e. The molecule has 1 aromatic rings. The lowest BCUT2D eigenvalue weighted by molar-refractivity contribution is -0.0735. The van der Waals surface area contributed by atoms with Crippen molar-refractivity contribution in [2.24, 2.45) is 23.2 Å². The molecule has 0 aromatic carbocycles. The van der Waals surface area contributed by atoms with E-state index in [2.05, 4.69) is 29.2 Å². The van der Waals surface area contributed by atoms with Gasteiger partial charge in [-0.1, -0.05) is 0 Å². The van der Waals surface area contributed by atoms with Gasteiger partial charge in [-0.15, -0.1) is 0 Å². The van der Waals surface area contributed by atoms with Crippen LogP contribution < -0.4 is 5.32 Å². The minimum atomic E-state index is 0.588. The lowest BCUT2D eigenvalue weighted by Crippen LogP contribution is -2.51. The zero-order valence-electron chi connectivity index (χ0n) is 11.2. The smallest absolute Gasteiger partial charge is 0.0383 e. The predicted octanol–water partition coefficient (Wildman–Crippen LogP) is 4.23. The monoisotopic (exact) mass is 261 g/mol. The minimum Gasteiger partial charge on any atom is -0.313 e. The normalized spacial score (nSPS) is 43.3. The van der Waals surface area contributed by atoms with Gasteiger partial charge < -0.3 is 5.32 Å². The summed E-state index contributed by atoms with van der Waals surface area (Å²) < 4.78 is 0. The Morgan fingerprint density at radius 2 is 1.78 bits per heavy atom. The fourth-order valence-electron chi connectivity index (χ4n) is 5.80.